The standard InChI is InChI=1S/C22H27N/c1-17-9-11-20(12-10-17)18(2)7-5-4-6-8-19(3)21-13-15-22(23)16-14-21/h9-16H,2-8,23H2,1H3. The summed E-state index contributed by atoms with van der Waals surface area (Å²) in [6.07, 6.45) is 5.67. The van der Waals surface area contributed by atoms with Gasteiger partial charge >= 0.3 is 0 Å². The molecule has 0 aromatic heterocycles. The van der Waals surface area contributed by atoms with E-state index >= 15 is 0 Å². The zero-order chi connectivity index (χ0) is 16.7. The first-order valence-electron chi connectivity index (χ1n) is 8.35. The molecule has 0 amide bonds. The van der Waals surface area contributed by atoms with Gasteiger partial charge in [-0.3, -0.25) is 0 Å². The fraction of sp³-hybridized carbons (Fsp3) is 0.273. The van der Waals surface area contributed by atoms with Crippen LogP contribution in [0.3, 0.4) is 0 Å². The third-order valence-electron chi connectivity index (χ3n) is 4.24. The summed E-state index contributed by atoms with van der Waals surface area (Å²) >= 11 is 0. The lowest BCUT2D eigenvalue weighted by Gasteiger charge is -2.08. The highest BCUT2D eigenvalue weighted by atomic mass is 14.5. The molecule has 0 aliphatic carbocycles. The number of benzene rings is 2. The number of unbranched alkanes of at least 4 members (excludes halogenated alkanes) is 2. The van der Waals surface area contributed by atoms with Crippen molar-refractivity contribution in [2.75, 3.05) is 5.73 Å². The molecule has 1 nitrogen and oxygen atoms in total. The highest BCUT2D eigenvalue weighted by molar-refractivity contribution is 5.65. The van der Waals surface area contributed by atoms with Crippen LogP contribution in [0.15, 0.2) is 61.7 Å². The predicted octanol–water partition coefficient (Wildman–Crippen LogP) is 6.25. The molecular formula is C22H27N. The zero-order valence-electron chi connectivity index (χ0n) is 14.1. The average molecular weight is 305 g/mol. The summed E-state index contributed by atoms with van der Waals surface area (Å²) in [6, 6.07) is 16.6. The first-order chi connectivity index (χ1) is 11.1. The normalized spacial score (nSPS) is 10.5. The number of anilines is 1. The van der Waals surface area contributed by atoms with Gasteiger partial charge < -0.3 is 5.73 Å². The molecule has 0 bridgehead atoms. The second-order valence-corrected chi connectivity index (χ2v) is 6.26. The number of nitrogens with two attached hydrogens (primary N) is 1. The topological polar surface area (TPSA) is 26.0 Å². The zero-order valence-corrected chi connectivity index (χ0v) is 14.1. The van der Waals surface area contributed by atoms with E-state index in [4.69, 9.17) is 5.73 Å². The van der Waals surface area contributed by atoms with Gasteiger partial charge in [-0.1, -0.05) is 61.5 Å². The van der Waals surface area contributed by atoms with Crippen molar-refractivity contribution in [1.82, 2.24) is 0 Å². The van der Waals surface area contributed by atoms with Crippen LogP contribution in [0, 0.1) is 6.92 Å². The average Bonchev–Trinajstić information content (AvgIpc) is 2.55. The first kappa shape index (κ1) is 17.1. The van der Waals surface area contributed by atoms with Crippen LogP contribution in [0.4, 0.5) is 5.69 Å². The van der Waals surface area contributed by atoms with Crippen LogP contribution in [0.2, 0.25) is 0 Å². The van der Waals surface area contributed by atoms with Crippen molar-refractivity contribution in [3.8, 4) is 0 Å². The van der Waals surface area contributed by atoms with Gasteiger partial charge in [0, 0.05) is 5.69 Å². The fourth-order valence-corrected chi connectivity index (χ4v) is 2.65. The fourth-order valence-electron chi connectivity index (χ4n) is 2.65. The van der Waals surface area contributed by atoms with E-state index < -0.39 is 0 Å². The summed E-state index contributed by atoms with van der Waals surface area (Å²) < 4.78 is 0. The van der Waals surface area contributed by atoms with Crippen LogP contribution in [0.25, 0.3) is 11.1 Å². The summed E-state index contributed by atoms with van der Waals surface area (Å²) in [7, 11) is 0. The highest BCUT2D eigenvalue weighted by Gasteiger charge is 2.01. The molecule has 0 saturated heterocycles. The third kappa shape index (κ3) is 5.45. The molecule has 2 aromatic rings. The largest absolute Gasteiger partial charge is 0.399 e. The molecule has 0 aliphatic rings. The number of nitrogen functional groups attached to an aromatic ring is 1. The number of hydrogen-bond donors (Lipinski definition) is 1. The monoisotopic (exact) mass is 305 g/mol. The summed E-state index contributed by atoms with van der Waals surface area (Å²) in [6.45, 7) is 10.5. The second-order valence-electron chi connectivity index (χ2n) is 6.26. The van der Waals surface area contributed by atoms with Gasteiger partial charge in [0.25, 0.3) is 0 Å². The van der Waals surface area contributed by atoms with Gasteiger partial charge in [-0.05, 0) is 67.0 Å². The van der Waals surface area contributed by atoms with E-state index in [1.165, 1.54) is 47.1 Å². The number of hydrogen-bond acceptors (Lipinski definition) is 1. The Hall–Kier alpha value is -2.28. The highest BCUT2D eigenvalue weighted by Crippen LogP contribution is 2.23. The Morgan fingerprint density at radius 2 is 1.17 bits per heavy atom. The third-order valence-corrected chi connectivity index (χ3v) is 4.24. The molecule has 0 aliphatic heterocycles. The van der Waals surface area contributed by atoms with E-state index in [2.05, 4.69) is 56.5 Å². The Morgan fingerprint density at radius 1 is 0.739 bits per heavy atom. The van der Waals surface area contributed by atoms with Crippen LogP contribution in [0.1, 0.15) is 48.8 Å². The van der Waals surface area contributed by atoms with Crippen LogP contribution < -0.4 is 5.73 Å². The minimum Gasteiger partial charge on any atom is -0.399 e. The SMILES string of the molecule is C=C(CCCCCC(=C)c1ccc(N)cc1)c1ccc(C)cc1. The Morgan fingerprint density at radius 3 is 1.65 bits per heavy atom. The molecule has 2 rings (SSSR count). The van der Waals surface area contributed by atoms with E-state index in [9.17, 15) is 0 Å². The smallest absolute Gasteiger partial charge is 0.0314 e. The van der Waals surface area contributed by atoms with E-state index in [0.29, 0.717) is 0 Å². The van der Waals surface area contributed by atoms with Gasteiger partial charge in [0.15, 0.2) is 0 Å². The van der Waals surface area contributed by atoms with Crippen molar-refractivity contribution in [3.05, 3.63) is 78.4 Å². The Balaban J connectivity index is 1.67. The maximum atomic E-state index is 5.71. The summed E-state index contributed by atoms with van der Waals surface area (Å²) in [4.78, 5) is 0. The lowest BCUT2D eigenvalue weighted by Crippen LogP contribution is -1.88. The first-order valence-corrected chi connectivity index (χ1v) is 8.35. The lowest BCUT2D eigenvalue weighted by molar-refractivity contribution is 0.707. The van der Waals surface area contributed by atoms with Gasteiger partial charge in [0.2, 0.25) is 0 Å². The van der Waals surface area contributed by atoms with Gasteiger partial charge in [-0.25, -0.2) is 0 Å². The van der Waals surface area contributed by atoms with Crippen molar-refractivity contribution < 1.29 is 0 Å². The van der Waals surface area contributed by atoms with Crippen molar-refractivity contribution in [1.29, 1.82) is 0 Å². The maximum Gasteiger partial charge on any atom is 0.0314 e. The molecule has 0 radical (unpaired) electrons. The van der Waals surface area contributed by atoms with Crippen molar-refractivity contribution in [3.63, 3.8) is 0 Å². The summed E-state index contributed by atoms with van der Waals surface area (Å²) in [5, 5.41) is 0. The minimum absolute atomic E-state index is 0.802. The molecule has 0 saturated carbocycles. The molecular weight excluding hydrogens is 278 g/mol. The minimum atomic E-state index is 0.802. The van der Waals surface area contributed by atoms with Crippen LogP contribution in [-0.4, -0.2) is 0 Å². The Labute approximate surface area is 140 Å². The van der Waals surface area contributed by atoms with Gasteiger partial charge in [0.1, 0.15) is 0 Å². The quantitative estimate of drug-likeness (QED) is 0.452. The molecule has 0 spiro atoms. The maximum absolute atomic E-state index is 5.71. The Bertz CT molecular complexity index is 588. The molecule has 0 heterocycles. The Kier molecular flexibility index (Phi) is 6.22. The summed E-state index contributed by atoms with van der Waals surface area (Å²) in [5.41, 5.74) is 12.7. The van der Waals surface area contributed by atoms with Crippen LogP contribution >= 0.6 is 0 Å². The molecule has 0 unspecified atom stereocenters. The van der Waals surface area contributed by atoms with Gasteiger partial charge in [0.05, 0.1) is 0 Å². The molecule has 0 fully saturated rings. The molecule has 2 aromatic carbocycles. The van der Waals surface area contributed by atoms with Crippen molar-refractivity contribution in [2.24, 2.45) is 0 Å². The number of allylic oxidation sites excluding steroid dienone is 2. The van der Waals surface area contributed by atoms with Crippen LogP contribution in [0.5, 0.6) is 0 Å². The predicted molar refractivity (Wildman–Crippen MR) is 103 cm³/mol. The molecule has 120 valence electrons. The molecule has 23 heavy (non-hydrogen) atoms. The van der Waals surface area contributed by atoms with E-state index in [0.717, 1.165) is 18.5 Å². The van der Waals surface area contributed by atoms with Crippen molar-refractivity contribution >= 4 is 16.8 Å². The molecule has 1 heteroatoms. The lowest BCUT2D eigenvalue weighted by atomic mass is 9.98. The summed E-state index contributed by atoms with van der Waals surface area (Å²) in [5.74, 6) is 0. The van der Waals surface area contributed by atoms with E-state index in [-0.39, 0.29) is 0 Å². The van der Waals surface area contributed by atoms with Crippen molar-refractivity contribution in [2.45, 2.75) is 39.0 Å². The molecule has 2 N–H and O–H groups in total. The van der Waals surface area contributed by atoms with E-state index in [1.54, 1.807) is 0 Å². The second kappa shape index (κ2) is 8.38. The van der Waals surface area contributed by atoms with Crippen LogP contribution in [-0.2, 0) is 0 Å². The molecule has 0 atom stereocenters. The number of aryl methyl sites for hydroxylation is 1. The van der Waals surface area contributed by atoms with Gasteiger partial charge in [-0.2, -0.15) is 0 Å². The van der Waals surface area contributed by atoms with E-state index in [1.807, 2.05) is 12.1 Å². The number of rotatable bonds is 8. The van der Waals surface area contributed by atoms with Gasteiger partial charge in [-0.15, -0.1) is 0 Å².